The Hall–Kier alpha value is -2.04. The SMILES string of the molecule is CCOc1cc(C)cc(CC(=O)OC)c1C(=O)OC. The van der Waals surface area contributed by atoms with Crippen LogP contribution in [0.2, 0.25) is 0 Å². The second-order valence-corrected chi connectivity index (χ2v) is 3.97. The lowest BCUT2D eigenvalue weighted by Crippen LogP contribution is -2.13. The van der Waals surface area contributed by atoms with Crippen molar-refractivity contribution >= 4 is 11.9 Å². The highest BCUT2D eigenvalue weighted by atomic mass is 16.5. The highest BCUT2D eigenvalue weighted by molar-refractivity contribution is 5.95. The summed E-state index contributed by atoms with van der Waals surface area (Å²) in [6.45, 7) is 4.11. The van der Waals surface area contributed by atoms with E-state index in [0.29, 0.717) is 17.9 Å². The second-order valence-electron chi connectivity index (χ2n) is 3.97. The van der Waals surface area contributed by atoms with Gasteiger partial charge in [0.2, 0.25) is 0 Å². The van der Waals surface area contributed by atoms with Crippen LogP contribution in [-0.2, 0) is 20.7 Å². The highest BCUT2D eigenvalue weighted by Crippen LogP contribution is 2.26. The molecule has 0 atom stereocenters. The van der Waals surface area contributed by atoms with E-state index in [0.717, 1.165) is 5.56 Å². The van der Waals surface area contributed by atoms with Crippen molar-refractivity contribution in [3.8, 4) is 5.75 Å². The van der Waals surface area contributed by atoms with Crippen molar-refractivity contribution in [3.05, 3.63) is 28.8 Å². The second kappa shape index (κ2) is 6.78. The van der Waals surface area contributed by atoms with E-state index in [1.807, 2.05) is 13.8 Å². The van der Waals surface area contributed by atoms with Crippen LogP contribution in [0.15, 0.2) is 12.1 Å². The normalized spacial score (nSPS) is 9.89. The van der Waals surface area contributed by atoms with Crippen LogP contribution < -0.4 is 4.74 Å². The lowest BCUT2D eigenvalue weighted by atomic mass is 10.0. The van der Waals surface area contributed by atoms with Crippen molar-refractivity contribution in [3.63, 3.8) is 0 Å². The van der Waals surface area contributed by atoms with Gasteiger partial charge in [0.1, 0.15) is 11.3 Å². The van der Waals surface area contributed by atoms with Gasteiger partial charge in [-0.2, -0.15) is 0 Å². The first-order valence-electron chi connectivity index (χ1n) is 5.94. The van der Waals surface area contributed by atoms with Crippen LogP contribution in [0.1, 0.15) is 28.4 Å². The van der Waals surface area contributed by atoms with Crippen molar-refractivity contribution in [2.45, 2.75) is 20.3 Å². The maximum atomic E-state index is 11.9. The topological polar surface area (TPSA) is 61.8 Å². The summed E-state index contributed by atoms with van der Waals surface area (Å²) in [7, 11) is 2.60. The molecule has 1 rings (SSSR count). The van der Waals surface area contributed by atoms with Crippen LogP contribution in [0.5, 0.6) is 5.75 Å². The molecule has 0 bridgehead atoms. The van der Waals surface area contributed by atoms with Crippen LogP contribution >= 0.6 is 0 Å². The number of methoxy groups -OCH3 is 2. The Bertz CT molecular complexity index is 479. The minimum absolute atomic E-state index is 0.00267. The summed E-state index contributed by atoms with van der Waals surface area (Å²) >= 11 is 0. The monoisotopic (exact) mass is 266 g/mol. The van der Waals surface area contributed by atoms with E-state index in [2.05, 4.69) is 4.74 Å². The molecule has 0 spiro atoms. The van der Waals surface area contributed by atoms with E-state index in [1.54, 1.807) is 12.1 Å². The van der Waals surface area contributed by atoms with E-state index < -0.39 is 11.9 Å². The Morgan fingerprint density at radius 1 is 1.16 bits per heavy atom. The van der Waals surface area contributed by atoms with E-state index in [-0.39, 0.29) is 12.0 Å². The molecular formula is C14H18O5. The smallest absolute Gasteiger partial charge is 0.341 e. The summed E-state index contributed by atoms with van der Waals surface area (Å²) in [5, 5.41) is 0. The molecule has 1 aromatic carbocycles. The summed E-state index contributed by atoms with van der Waals surface area (Å²) in [4.78, 5) is 23.3. The predicted octanol–water partition coefficient (Wildman–Crippen LogP) is 1.90. The van der Waals surface area contributed by atoms with Gasteiger partial charge in [0.05, 0.1) is 27.2 Å². The van der Waals surface area contributed by atoms with Crippen molar-refractivity contribution in [2.24, 2.45) is 0 Å². The Morgan fingerprint density at radius 3 is 2.37 bits per heavy atom. The van der Waals surface area contributed by atoms with Gasteiger partial charge >= 0.3 is 11.9 Å². The van der Waals surface area contributed by atoms with Gasteiger partial charge in [0, 0.05) is 0 Å². The van der Waals surface area contributed by atoms with Crippen molar-refractivity contribution in [1.29, 1.82) is 0 Å². The number of carbonyl (C=O) groups excluding carboxylic acids is 2. The average molecular weight is 266 g/mol. The Balaban J connectivity index is 3.32. The van der Waals surface area contributed by atoms with E-state index in [9.17, 15) is 9.59 Å². The third-order valence-electron chi connectivity index (χ3n) is 2.58. The molecule has 1 aromatic rings. The number of aryl methyl sites for hydroxylation is 1. The highest BCUT2D eigenvalue weighted by Gasteiger charge is 2.21. The van der Waals surface area contributed by atoms with Crippen molar-refractivity contribution < 1.29 is 23.8 Å². The summed E-state index contributed by atoms with van der Waals surface area (Å²) < 4.78 is 14.8. The molecule has 5 nitrogen and oxygen atoms in total. The molecule has 0 aliphatic heterocycles. The first kappa shape index (κ1) is 15.0. The molecule has 0 fully saturated rings. The van der Waals surface area contributed by atoms with Crippen LogP contribution in [0.4, 0.5) is 0 Å². The fourth-order valence-corrected chi connectivity index (χ4v) is 1.80. The molecule has 0 amide bonds. The fraction of sp³-hybridized carbons (Fsp3) is 0.429. The first-order valence-corrected chi connectivity index (χ1v) is 5.94. The van der Waals surface area contributed by atoms with Gasteiger partial charge in [-0.05, 0) is 31.0 Å². The molecule has 0 aliphatic rings. The summed E-state index contributed by atoms with van der Waals surface area (Å²) in [5.74, 6) is -0.520. The fourth-order valence-electron chi connectivity index (χ4n) is 1.80. The van der Waals surface area contributed by atoms with Crippen molar-refractivity contribution in [2.75, 3.05) is 20.8 Å². The molecule has 0 radical (unpaired) electrons. The summed E-state index contributed by atoms with van der Waals surface area (Å²) in [6, 6.07) is 3.50. The lowest BCUT2D eigenvalue weighted by molar-refractivity contribution is -0.139. The Morgan fingerprint density at radius 2 is 1.84 bits per heavy atom. The number of rotatable bonds is 5. The van der Waals surface area contributed by atoms with Gasteiger partial charge in [-0.3, -0.25) is 4.79 Å². The zero-order valence-corrected chi connectivity index (χ0v) is 11.6. The van der Waals surface area contributed by atoms with E-state index >= 15 is 0 Å². The summed E-state index contributed by atoms with van der Waals surface area (Å²) in [6.07, 6.45) is 0.00267. The predicted molar refractivity (Wildman–Crippen MR) is 69.4 cm³/mol. The van der Waals surface area contributed by atoms with Crippen molar-refractivity contribution in [1.82, 2.24) is 0 Å². The van der Waals surface area contributed by atoms with Gasteiger partial charge < -0.3 is 14.2 Å². The Kier molecular flexibility index (Phi) is 5.36. The third kappa shape index (κ3) is 3.71. The number of carbonyl (C=O) groups is 2. The number of esters is 2. The van der Waals surface area contributed by atoms with E-state index in [1.165, 1.54) is 14.2 Å². The molecule has 104 valence electrons. The molecule has 0 aliphatic carbocycles. The molecule has 0 unspecified atom stereocenters. The molecular weight excluding hydrogens is 248 g/mol. The quantitative estimate of drug-likeness (QED) is 0.762. The number of hydrogen-bond donors (Lipinski definition) is 0. The van der Waals surface area contributed by atoms with Gasteiger partial charge in [0.25, 0.3) is 0 Å². The van der Waals surface area contributed by atoms with Crippen LogP contribution in [-0.4, -0.2) is 32.8 Å². The van der Waals surface area contributed by atoms with E-state index in [4.69, 9.17) is 9.47 Å². The molecule has 19 heavy (non-hydrogen) atoms. The minimum Gasteiger partial charge on any atom is -0.493 e. The molecule has 0 saturated carbocycles. The third-order valence-corrected chi connectivity index (χ3v) is 2.58. The molecule has 5 heteroatoms. The molecule has 0 saturated heterocycles. The molecule has 0 heterocycles. The average Bonchev–Trinajstić information content (AvgIpc) is 2.37. The minimum atomic E-state index is -0.526. The van der Waals surface area contributed by atoms with Crippen LogP contribution in [0, 0.1) is 6.92 Å². The van der Waals surface area contributed by atoms with Gasteiger partial charge in [0.15, 0.2) is 0 Å². The molecule has 0 N–H and O–H groups in total. The maximum Gasteiger partial charge on any atom is 0.341 e. The first-order chi connectivity index (χ1) is 9.03. The van der Waals surface area contributed by atoms with Crippen LogP contribution in [0.25, 0.3) is 0 Å². The zero-order chi connectivity index (χ0) is 14.4. The molecule has 0 aromatic heterocycles. The lowest BCUT2D eigenvalue weighted by Gasteiger charge is -2.14. The number of benzene rings is 1. The Labute approximate surface area is 112 Å². The van der Waals surface area contributed by atoms with Gasteiger partial charge in [-0.15, -0.1) is 0 Å². The zero-order valence-electron chi connectivity index (χ0n) is 11.6. The van der Waals surface area contributed by atoms with Crippen LogP contribution in [0.3, 0.4) is 0 Å². The van der Waals surface area contributed by atoms with Gasteiger partial charge in [-0.1, -0.05) is 6.07 Å². The largest absolute Gasteiger partial charge is 0.493 e. The standard InChI is InChI=1S/C14H18O5/c1-5-19-11-7-9(2)6-10(8-12(15)17-3)13(11)14(16)18-4/h6-7H,5,8H2,1-4H3. The number of ether oxygens (including phenoxy) is 3. The summed E-state index contributed by atoms with van der Waals surface area (Å²) in [5.41, 5.74) is 1.72. The van der Waals surface area contributed by atoms with Gasteiger partial charge in [-0.25, -0.2) is 4.79 Å². The maximum absolute atomic E-state index is 11.9. The number of hydrogen-bond acceptors (Lipinski definition) is 5.